The van der Waals surface area contributed by atoms with Gasteiger partial charge in [-0.3, -0.25) is 0 Å². The molecule has 0 radical (unpaired) electrons. The Morgan fingerprint density at radius 3 is 1.76 bits per heavy atom. The molecule has 0 amide bonds. The Hall–Kier alpha value is -6.12. The highest BCUT2D eigenvalue weighted by atomic mass is 15.0. The molecule has 2 aromatic heterocycles. The molecule has 2 heterocycles. The van der Waals surface area contributed by atoms with E-state index in [0.29, 0.717) is 0 Å². The number of rotatable bonds is 3. The van der Waals surface area contributed by atoms with Crippen molar-refractivity contribution in [2.75, 3.05) is 0 Å². The van der Waals surface area contributed by atoms with E-state index in [-0.39, 0.29) is 10.8 Å². The smallest absolute Gasteiger partial charge is 0.0549 e. The molecule has 0 spiro atoms. The number of fused-ring (bicyclic) bond motifs is 10. The summed E-state index contributed by atoms with van der Waals surface area (Å²) in [4.78, 5) is 0. The Kier molecular flexibility index (Phi) is 6.51. The zero-order chi connectivity index (χ0) is 36.3. The maximum Gasteiger partial charge on any atom is 0.0549 e. The molecule has 0 bridgehead atoms. The number of aromatic nitrogens is 2. The first-order chi connectivity index (χ1) is 26.2. The van der Waals surface area contributed by atoms with E-state index in [0.717, 1.165) is 0 Å². The summed E-state index contributed by atoms with van der Waals surface area (Å²) in [7, 11) is 0. The van der Waals surface area contributed by atoms with Gasteiger partial charge in [-0.2, -0.15) is 0 Å². The molecule has 260 valence electrons. The van der Waals surface area contributed by atoms with Crippen LogP contribution in [0.2, 0.25) is 0 Å². The first-order valence-corrected chi connectivity index (χ1v) is 19.4. The van der Waals surface area contributed by atoms with Gasteiger partial charge in [-0.05, 0) is 128 Å². The van der Waals surface area contributed by atoms with Gasteiger partial charge < -0.3 is 9.13 Å². The van der Waals surface area contributed by atoms with E-state index >= 15 is 0 Å². The van der Waals surface area contributed by atoms with Gasteiger partial charge in [-0.15, -0.1) is 0 Å². The first-order valence-electron chi connectivity index (χ1n) is 19.4. The second kappa shape index (κ2) is 11.2. The van der Waals surface area contributed by atoms with Crippen molar-refractivity contribution in [1.29, 1.82) is 0 Å². The summed E-state index contributed by atoms with van der Waals surface area (Å²) in [5.74, 6) is 0. The average molecular weight is 695 g/mol. The van der Waals surface area contributed by atoms with Crippen molar-refractivity contribution in [2.24, 2.45) is 0 Å². The van der Waals surface area contributed by atoms with E-state index in [4.69, 9.17) is 0 Å². The second-order valence-corrected chi connectivity index (χ2v) is 16.9. The Balaban J connectivity index is 1.27. The van der Waals surface area contributed by atoms with E-state index in [9.17, 15) is 0 Å². The molecule has 0 saturated carbocycles. The van der Waals surface area contributed by atoms with Crippen LogP contribution in [-0.4, -0.2) is 9.13 Å². The Bertz CT molecular complexity index is 3150. The van der Waals surface area contributed by atoms with Crippen LogP contribution < -0.4 is 0 Å². The van der Waals surface area contributed by atoms with Gasteiger partial charge >= 0.3 is 0 Å². The normalized spacial score (nSPS) is 15.2. The van der Waals surface area contributed by atoms with Crippen molar-refractivity contribution in [3.05, 3.63) is 169 Å². The molecule has 54 heavy (non-hydrogen) atoms. The van der Waals surface area contributed by atoms with Gasteiger partial charge in [-0.25, -0.2) is 0 Å². The summed E-state index contributed by atoms with van der Waals surface area (Å²) >= 11 is 0. The van der Waals surface area contributed by atoms with Crippen LogP contribution in [0.4, 0.5) is 0 Å². The van der Waals surface area contributed by atoms with Gasteiger partial charge in [0.1, 0.15) is 0 Å². The summed E-state index contributed by atoms with van der Waals surface area (Å²) < 4.78 is 5.04. The predicted octanol–water partition coefficient (Wildman–Crippen LogP) is 14.2. The third-order valence-corrected chi connectivity index (χ3v) is 12.7. The molecule has 0 fully saturated rings. The predicted molar refractivity (Wildman–Crippen MR) is 231 cm³/mol. The minimum Gasteiger partial charge on any atom is -0.309 e. The topological polar surface area (TPSA) is 9.86 Å². The van der Waals surface area contributed by atoms with Gasteiger partial charge in [0.2, 0.25) is 0 Å². The fourth-order valence-corrected chi connectivity index (χ4v) is 9.68. The summed E-state index contributed by atoms with van der Waals surface area (Å²) in [6, 6.07) is 59.1. The van der Waals surface area contributed by atoms with Crippen molar-refractivity contribution in [3.63, 3.8) is 0 Å². The average Bonchev–Trinajstić information content (AvgIpc) is 3.70. The molecular weight excluding hydrogens is 653 g/mol. The van der Waals surface area contributed by atoms with Crippen LogP contribution in [0.3, 0.4) is 0 Å². The Morgan fingerprint density at radius 2 is 0.944 bits per heavy atom. The van der Waals surface area contributed by atoms with E-state index in [1.165, 1.54) is 112 Å². The van der Waals surface area contributed by atoms with Gasteiger partial charge in [0.25, 0.3) is 0 Å². The van der Waals surface area contributed by atoms with Crippen LogP contribution in [-0.2, 0) is 10.8 Å². The lowest BCUT2D eigenvalue weighted by atomic mass is 9.63. The van der Waals surface area contributed by atoms with Crippen molar-refractivity contribution >= 4 is 65.2 Å². The van der Waals surface area contributed by atoms with Crippen molar-refractivity contribution in [1.82, 2.24) is 9.13 Å². The van der Waals surface area contributed by atoms with Crippen molar-refractivity contribution in [2.45, 2.75) is 51.4 Å². The molecule has 0 aliphatic heterocycles. The lowest BCUT2D eigenvalue weighted by molar-refractivity contribution is 0.332. The zero-order valence-electron chi connectivity index (χ0n) is 31.3. The van der Waals surface area contributed by atoms with Crippen LogP contribution in [0.1, 0.15) is 51.7 Å². The lowest BCUT2D eigenvalue weighted by Crippen LogP contribution is -2.33. The van der Waals surface area contributed by atoms with Gasteiger partial charge in [-0.1, -0.05) is 125 Å². The van der Waals surface area contributed by atoms with Crippen molar-refractivity contribution in [3.8, 4) is 22.5 Å². The molecule has 1 aliphatic carbocycles. The van der Waals surface area contributed by atoms with Gasteiger partial charge in [0, 0.05) is 32.9 Å². The highest BCUT2D eigenvalue weighted by molar-refractivity contribution is 6.25. The van der Waals surface area contributed by atoms with Crippen LogP contribution in [0.25, 0.3) is 87.7 Å². The van der Waals surface area contributed by atoms with Crippen LogP contribution in [0.5, 0.6) is 0 Å². The van der Waals surface area contributed by atoms with E-state index in [2.05, 4.69) is 195 Å². The minimum atomic E-state index is 0.112. The molecule has 0 unspecified atom stereocenters. The van der Waals surface area contributed by atoms with Crippen LogP contribution in [0.15, 0.2) is 158 Å². The molecule has 2 nitrogen and oxygen atoms in total. The quantitative estimate of drug-likeness (QED) is 0.174. The van der Waals surface area contributed by atoms with E-state index in [1.807, 2.05) is 0 Å². The molecule has 8 aromatic carbocycles. The number of benzene rings is 8. The fraction of sp³-hybridized carbons (Fsp3) is 0.154. The fourth-order valence-electron chi connectivity index (χ4n) is 9.68. The van der Waals surface area contributed by atoms with E-state index < -0.39 is 0 Å². The molecule has 1 aliphatic rings. The third kappa shape index (κ3) is 4.53. The maximum atomic E-state index is 2.56. The highest BCUT2D eigenvalue weighted by Crippen LogP contribution is 2.49. The number of nitrogens with zero attached hydrogens (tertiary/aromatic N) is 2. The van der Waals surface area contributed by atoms with Gasteiger partial charge in [0.05, 0.1) is 22.1 Å². The number of para-hydroxylation sites is 1. The van der Waals surface area contributed by atoms with Crippen LogP contribution in [0, 0.1) is 0 Å². The van der Waals surface area contributed by atoms with Gasteiger partial charge in [0.15, 0.2) is 0 Å². The standard InChI is InChI=1S/C52H42N2/c1-51(2)25-26-52(3,4)45-32-49-41(29-44(45)51)42-30-48-43(31-47(42)53(49)38-17-6-5-7-18-38)50-40-20-11-10-14-34(40)23-24-46(50)54(48)39-19-12-16-36(28-39)37-22-21-33-13-8-9-15-35(33)27-37/h5-24,27-32H,25-26H2,1-4H3. The maximum absolute atomic E-state index is 2.56. The molecule has 2 heteroatoms. The van der Waals surface area contributed by atoms with Crippen LogP contribution >= 0.6 is 0 Å². The monoisotopic (exact) mass is 694 g/mol. The van der Waals surface area contributed by atoms with Crippen molar-refractivity contribution < 1.29 is 0 Å². The molecule has 0 N–H and O–H groups in total. The SMILES string of the molecule is CC1(C)CCC(C)(C)c2cc3c(cc21)c1cc2c(cc1n3-c1ccccc1)c1c3ccccc3ccc1n2-c1cccc(-c2ccc3ccccc3c2)c1. The summed E-state index contributed by atoms with van der Waals surface area (Å²) in [6.45, 7) is 9.74. The summed E-state index contributed by atoms with van der Waals surface area (Å²) in [5.41, 5.74) is 13.0. The number of hydrogen-bond acceptors (Lipinski definition) is 0. The molecule has 10 aromatic rings. The second-order valence-electron chi connectivity index (χ2n) is 16.9. The number of hydrogen-bond donors (Lipinski definition) is 0. The third-order valence-electron chi connectivity index (χ3n) is 12.7. The molecule has 0 saturated heterocycles. The zero-order valence-corrected chi connectivity index (χ0v) is 31.3. The molecule has 11 rings (SSSR count). The largest absolute Gasteiger partial charge is 0.309 e. The molecular formula is C52H42N2. The minimum absolute atomic E-state index is 0.112. The summed E-state index contributed by atoms with van der Waals surface area (Å²) in [6.07, 6.45) is 2.38. The van der Waals surface area contributed by atoms with E-state index in [1.54, 1.807) is 0 Å². The Morgan fingerprint density at radius 1 is 0.370 bits per heavy atom. The Labute approximate surface area is 315 Å². The first kappa shape index (κ1) is 31.4. The lowest BCUT2D eigenvalue weighted by Gasteiger charge is -2.42. The molecule has 0 atom stereocenters. The highest BCUT2D eigenvalue weighted by Gasteiger charge is 2.38. The summed E-state index contributed by atoms with van der Waals surface area (Å²) in [5, 5.41) is 10.3.